The van der Waals surface area contributed by atoms with E-state index in [-0.39, 0.29) is 5.41 Å². The third-order valence-corrected chi connectivity index (χ3v) is 1.91. The number of hydrogen-bond acceptors (Lipinski definition) is 0. The number of hydrogen-bond donors (Lipinski definition) is 0. The van der Waals surface area contributed by atoms with Gasteiger partial charge in [0.25, 0.3) is 0 Å². The second-order valence-corrected chi connectivity index (χ2v) is 2.70. The fourth-order valence-electron chi connectivity index (χ4n) is 0.702. The second kappa shape index (κ2) is 3.49. The Balaban J connectivity index is 3.90. The number of allylic oxidation sites excluding steroid dienone is 2. The summed E-state index contributed by atoms with van der Waals surface area (Å²) in [5.41, 5.74) is 0.280. The first kappa shape index (κ1) is 8.48. The molecule has 0 aliphatic carbocycles. The predicted octanol–water partition coefficient (Wildman–Crippen LogP) is 3.16. The lowest BCUT2D eigenvalue weighted by Gasteiger charge is -2.20. The Labute approximate surface area is 58.3 Å². The maximum Gasteiger partial charge on any atom is -0.0117 e. The summed E-state index contributed by atoms with van der Waals surface area (Å²) in [6, 6.07) is 0. The van der Waals surface area contributed by atoms with Crippen LogP contribution in [0.1, 0.15) is 26.7 Å². The van der Waals surface area contributed by atoms with Crippen molar-refractivity contribution in [2.75, 3.05) is 0 Å². The molecule has 0 aromatic rings. The average Bonchev–Trinajstić information content (AvgIpc) is 1.89. The Morgan fingerprint density at radius 2 is 2.00 bits per heavy atom. The van der Waals surface area contributed by atoms with Crippen molar-refractivity contribution in [1.29, 1.82) is 0 Å². The lowest BCUT2D eigenvalue weighted by Crippen LogP contribution is -2.08. The van der Waals surface area contributed by atoms with Crippen LogP contribution in [0.5, 0.6) is 0 Å². The topological polar surface area (TPSA) is 0 Å². The molecule has 0 aliphatic rings. The van der Waals surface area contributed by atoms with E-state index < -0.39 is 0 Å². The third-order valence-electron chi connectivity index (χ3n) is 1.91. The lowest BCUT2D eigenvalue weighted by atomic mass is 9.84. The second-order valence-electron chi connectivity index (χ2n) is 2.70. The molecule has 0 fully saturated rings. The zero-order chi connectivity index (χ0) is 7.33. The molecule has 0 nitrogen and oxygen atoms in total. The van der Waals surface area contributed by atoms with Crippen LogP contribution in [0.25, 0.3) is 0 Å². The van der Waals surface area contributed by atoms with Crippen molar-refractivity contribution >= 4 is 0 Å². The van der Waals surface area contributed by atoms with Crippen LogP contribution < -0.4 is 0 Å². The van der Waals surface area contributed by atoms with Crippen molar-refractivity contribution in [3.05, 3.63) is 25.3 Å². The summed E-state index contributed by atoms with van der Waals surface area (Å²) in [6.07, 6.45) is 6.13. The molecule has 0 saturated carbocycles. The lowest BCUT2D eigenvalue weighted by molar-refractivity contribution is 0.418. The van der Waals surface area contributed by atoms with E-state index in [0.29, 0.717) is 0 Å². The molecule has 0 bridgehead atoms. The fraction of sp³-hybridized carbons (Fsp3) is 0.556. The van der Waals surface area contributed by atoms with E-state index >= 15 is 0 Å². The zero-order valence-corrected chi connectivity index (χ0v) is 6.48. The molecular weight excluding hydrogens is 108 g/mol. The molecular formula is C9H16. The van der Waals surface area contributed by atoms with E-state index in [1.807, 2.05) is 12.2 Å². The quantitative estimate of drug-likeness (QED) is 0.505. The van der Waals surface area contributed by atoms with Crippen LogP contribution in [0.3, 0.4) is 0 Å². The first-order valence-electron chi connectivity index (χ1n) is 3.43. The van der Waals surface area contributed by atoms with Gasteiger partial charge < -0.3 is 0 Å². The Bertz CT molecular complexity index is 103. The Kier molecular flexibility index (Phi) is 3.29. The van der Waals surface area contributed by atoms with Crippen molar-refractivity contribution in [1.82, 2.24) is 0 Å². The van der Waals surface area contributed by atoms with E-state index in [0.717, 1.165) is 12.8 Å². The van der Waals surface area contributed by atoms with Crippen molar-refractivity contribution in [2.45, 2.75) is 26.7 Å². The Morgan fingerprint density at radius 1 is 1.44 bits per heavy atom. The molecule has 0 heteroatoms. The molecule has 0 spiro atoms. The van der Waals surface area contributed by atoms with E-state index in [2.05, 4.69) is 27.0 Å². The summed E-state index contributed by atoms with van der Waals surface area (Å²) < 4.78 is 0. The van der Waals surface area contributed by atoms with Crippen molar-refractivity contribution < 1.29 is 0 Å². The smallest absolute Gasteiger partial charge is 0.0117 e. The summed E-state index contributed by atoms with van der Waals surface area (Å²) in [5, 5.41) is 0. The molecule has 0 radical (unpaired) electrons. The van der Waals surface area contributed by atoms with Crippen LogP contribution in [0, 0.1) is 5.41 Å². The van der Waals surface area contributed by atoms with Gasteiger partial charge in [-0.3, -0.25) is 0 Å². The van der Waals surface area contributed by atoms with Gasteiger partial charge in [-0.05, 0) is 18.3 Å². The average molecular weight is 124 g/mol. The van der Waals surface area contributed by atoms with Gasteiger partial charge >= 0.3 is 0 Å². The van der Waals surface area contributed by atoms with Crippen molar-refractivity contribution in [2.24, 2.45) is 5.41 Å². The van der Waals surface area contributed by atoms with Gasteiger partial charge in [-0.2, -0.15) is 0 Å². The van der Waals surface area contributed by atoms with Crippen molar-refractivity contribution in [3.8, 4) is 0 Å². The summed E-state index contributed by atoms with van der Waals surface area (Å²) in [4.78, 5) is 0. The Morgan fingerprint density at radius 3 is 2.11 bits per heavy atom. The number of rotatable bonds is 4. The van der Waals surface area contributed by atoms with Crippen LogP contribution in [-0.4, -0.2) is 0 Å². The molecule has 0 N–H and O–H groups in total. The largest absolute Gasteiger partial charge is 0.103 e. The van der Waals surface area contributed by atoms with Gasteiger partial charge in [0.1, 0.15) is 0 Å². The van der Waals surface area contributed by atoms with Crippen LogP contribution >= 0.6 is 0 Å². The molecule has 0 aromatic carbocycles. The van der Waals surface area contributed by atoms with Crippen LogP contribution in [-0.2, 0) is 0 Å². The van der Waals surface area contributed by atoms with Gasteiger partial charge in [0.05, 0.1) is 0 Å². The molecule has 1 unspecified atom stereocenters. The summed E-state index contributed by atoms with van der Waals surface area (Å²) in [5.74, 6) is 0. The fourth-order valence-corrected chi connectivity index (χ4v) is 0.702. The Hall–Kier alpha value is -0.520. The van der Waals surface area contributed by atoms with Gasteiger partial charge in [-0.15, -0.1) is 13.2 Å². The standard InChI is InChI=1S/C9H16/c1-5-8-9(4,6-2)7-3/h5-6H,1-2,7-8H2,3-4H3. The molecule has 9 heavy (non-hydrogen) atoms. The van der Waals surface area contributed by atoms with E-state index in [1.165, 1.54) is 0 Å². The van der Waals surface area contributed by atoms with Gasteiger partial charge in [-0.25, -0.2) is 0 Å². The van der Waals surface area contributed by atoms with E-state index in [4.69, 9.17) is 0 Å². The van der Waals surface area contributed by atoms with Gasteiger partial charge in [-0.1, -0.05) is 26.0 Å². The molecule has 1 atom stereocenters. The van der Waals surface area contributed by atoms with E-state index in [9.17, 15) is 0 Å². The van der Waals surface area contributed by atoms with Crippen LogP contribution in [0.15, 0.2) is 25.3 Å². The molecule has 0 aliphatic heterocycles. The third kappa shape index (κ3) is 2.50. The molecule has 52 valence electrons. The normalized spacial score (nSPS) is 16.2. The van der Waals surface area contributed by atoms with E-state index in [1.54, 1.807) is 0 Å². The minimum atomic E-state index is 0.280. The van der Waals surface area contributed by atoms with Gasteiger partial charge in [0, 0.05) is 0 Å². The monoisotopic (exact) mass is 124 g/mol. The molecule has 0 amide bonds. The molecule has 0 aromatic heterocycles. The summed E-state index contributed by atoms with van der Waals surface area (Å²) in [6.45, 7) is 11.8. The highest BCUT2D eigenvalue weighted by Gasteiger charge is 2.13. The maximum atomic E-state index is 3.77. The highest BCUT2D eigenvalue weighted by Crippen LogP contribution is 2.26. The summed E-state index contributed by atoms with van der Waals surface area (Å²) in [7, 11) is 0. The first-order chi connectivity index (χ1) is 4.18. The maximum absolute atomic E-state index is 3.77. The zero-order valence-electron chi connectivity index (χ0n) is 6.48. The minimum Gasteiger partial charge on any atom is -0.103 e. The molecule has 0 rings (SSSR count). The van der Waals surface area contributed by atoms with Gasteiger partial charge in [0.15, 0.2) is 0 Å². The highest BCUT2D eigenvalue weighted by atomic mass is 14.2. The first-order valence-corrected chi connectivity index (χ1v) is 3.43. The highest BCUT2D eigenvalue weighted by molar-refractivity contribution is 4.94. The van der Waals surface area contributed by atoms with Crippen LogP contribution in [0.4, 0.5) is 0 Å². The molecule has 0 saturated heterocycles. The van der Waals surface area contributed by atoms with Crippen LogP contribution in [0.2, 0.25) is 0 Å². The molecule has 0 heterocycles. The summed E-state index contributed by atoms with van der Waals surface area (Å²) >= 11 is 0. The minimum absolute atomic E-state index is 0.280. The van der Waals surface area contributed by atoms with Gasteiger partial charge in [0.2, 0.25) is 0 Å². The predicted molar refractivity (Wildman–Crippen MR) is 43.4 cm³/mol. The SMILES string of the molecule is C=CCC(C)(C=C)CC. The van der Waals surface area contributed by atoms with Crippen molar-refractivity contribution in [3.63, 3.8) is 0 Å².